The van der Waals surface area contributed by atoms with E-state index in [1.165, 1.54) is 17.5 Å². The highest BCUT2D eigenvalue weighted by Crippen LogP contribution is 2.21. The van der Waals surface area contributed by atoms with Gasteiger partial charge < -0.3 is 5.32 Å². The Hall–Kier alpha value is -2.69. The zero-order chi connectivity index (χ0) is 14.9. The molecule has 2 aromatic heterocycles. The van der Waals surface area contributed by atoms with Crippen molar-refractivity contribution in [3.63, 3.8) is 0 Å². The maximum atomic E-state index is 12.4. The first-order chi connectivity index (χ1) is 10.8. The largest absolute Gasteiger partial charge is 0.349 e. The van der Waals surface area contributed by atoms with Crippen molar-refractivity contribution < 1.29 is 4.79 Å². The van der Waals surface area contributed by atoms with Crippen LogP contribution in [0.4, 0.5) is 0 Å². The molecule has 2 heterocycles. The second-order valence-electron chi connectivity index (χ2n) is 5.66. The quantitative estimate of drug-likeness (QED) is 0.786. The number of pyridine rings is 1. The zero-order valence-corrected chi connectivity index (χ0v) is 12.1. The van der Waals surface area contributed by atoms with Crippen molar-refractivity contribution in [1.29, 1.82) is 0 Å². The Morgan fingerprint density at radius 1 is 1.23 bits per heavy atom. The summed E-state index contributed by atoms with van der Waals surface area (Å²) < 4.78 is 1.65. The minimum Gasteiger partial charge on any atom is -0.349 e. The molecule has 0 radical (unpaired) electrons. The zero-order valence-electron chi connectivity index (χ0n) is 12.1. The monoisotopic (exact) mass is 292 g/mol. The second-order valence-corrected chi connectivity index (χ2v) is 5.66. The number of benzene rings is 1. The Bertz CT molecular complexity index is 839. The van der Waals surface area contributed by atoms with Crippen LogP contribution in [0.25, 0.3) is 5.65 Å². The fourth-order valence-electron chi connectivity index (χ4n) is 3.05. The Labute approximate surface area is 128 Å². The molecule has 0 saturated heterocycles. The molecule has 1 aromatic carbocycles. The van der Waals surface area contributed by atoms with E-state index < -0.39 is 0 Å². The standard InChI is InChI=1S/C17H16N4O/c22-17(14-7-8-21-16(10-14)18-11-19-21)20-15-6-5-12-3-1-2-4-13(12)9-15/h1-4,7-8,10-11,15H,5-6,9H2,(H,20,22). The fraction of sp³-hybridized carbons (Fsp3) is 0.235. The Morgan fingerprint density at radius 2 is 2.09 bits per heavy atom. The van der Waals surface area contributed by atoms with Crippen molar-refractivity contribution in [2.75, 3.05) is 0 Å². The van der Waals surface area contributed by atoms with Crippen LogP contribution in [-0.4, -0.2) is 26.5 Å². The summed E-state index contributed by atoms with van der Waals surface area (Å²) in [5.41, 5.74) is 4.05. The third-order valence-electron chi connectivity index (χ3n) is 4.22. The lowest BCUT2D eigenvalue weighted by atomic mass is 9.88. The lowest BCUT2D eigenvalue weighted by Crippen LogP contribution is -2.38. The van der Waals surface area contributed by atoms with Gasteiger partial charge in [-0.05, 0) is 42.5 Å². The molecule has 110 valence electrons. The molecule has 1 N–H and O–H groups in total. The molecule has 1 atom stereocenters. The molecule has 3 aromatic rings. The number of nitrogens with one attached hydrogen (secondary N) is 1. The first-order valence-electron chi connectivity index (χ1n) is 7.46. The Balaban J connectivity index is 1.50. The molecular weight excluding hydrogens is 276 g/mol. The molecule has 0 saturated carbocycles. The summed E-state index contributed by atoms with van der Waals surface area (Å²) in [6.45, 7) is 0. The third kappa shape index (κ3) is 2.35. The van der Waals surface area contributed by atoms with Crippen molar-refractivity contribution in [3.05, 3.63) is 65.6 Å². The van der Waals surface area contributed by atoms with E-state index in [0.29, 0.717) is 11.2 Å². The van der Waals surface area contributed by atoms with Crippen molar-refractivity contribution in [2.45, 2.75) is 25.3 Å². The van der Waals surface area contributed by atoms with E-state index in [-0.39, 0.29) is 11.9 Å². The Morgan fingerprint density at radius 3 is 3.00 bits per heavy atom. The Kier molecular flexibility index (Phi) is 3.11. The van der Waals surface area contributed by atoms with Gasteiger partial charge in [0.15, 0.2) is 5.65 Å². The average molecular weight is 292 g/mol. The van der Waals surface area contributed by atoms with Gasteiger partial charge in [-0.1, -0.05) is 24.3 Å². The van der Waals surface area contributed by atoms with Crippen LogP contribution in [0, 0.1) is 0 Å². The molecule has 0 bridgehead atoms. The van der Waals surface area contributed by atoms with Gasteiger partial charge >= 0.3 is 0 Å². The second kappa shape index (κ2) is 5.26. The normalized spacial score (nSPS) is 17.2. The van der Waals surface area contributed by atoms with Gasteiger partial charge in [0.2, 0.25) is 0 Å². The van der Waals surface area contributed by atoms with Crippen LogP contribution in [0.15, 0.2) is 48.9 Å². The van der Waals surface area contributed by atoms with E-state index in [0.717, 1.165) is 19.3 Å². The van der Waals surface area contributed by atoms with Crippen LogP contribution in [0.3, 0.4) is 0 Å². The molecule has 4 rings (SSSR count). The molecule has 0 fully saturated rings. The van der Waals surface area contributed by atoms with Crippen LogP contribution in [0.2, 0.25) is 0 Å². The van der Waals surface area contributed by atoms with Crippen LogP contribution >= 0.6 is 0 Å². The number of nitrogens with zero attached hydrogens (tertiary/aromatic N) is 3. The lowest BCUT2D eigenvalue weighted by molar-refractivity contribution is 0.0933. The number of carbonyl (C=O) groups excluding carboxylic acids is 1. The van der Waals surface area contributed by atoms with E-state index in [1.54, 1.807) is 22.8 Å². The summed E-state index contributed by atoms with van der Waals surface area (Å²) in [5.74, 6) is -0.0464. The molecule has 1 aliphatic rings. The topological polar surface area (TPSA) is 59.3 Å². The van der Waals surface area contributed by atoms with Gasteiger partial charge in [0.05, 0.1) is 0 Å². The fourth-order valence-corrected chi connectivity index (χ4v) is 3.05. The molecule has 1 aliphatic carbocycles. The van der Waals surface area contributed by atoms with Crippen molar-refractivity contribution in [1.82, 2.24) is 19.9 Å². The summed E-state index contributed by atoms with van der Waals surface area (Å²) in [6.07, 6.45) is 6.14. The van der Waals surface area contributed by atoms with E-state index >= 15 is 0 Å². The first-order valence-corrected chi connectivity index (χ1v) is 7.46. The van der Waals surface area contributed by atoms with Crippen LogP contribution in [-0.2, 0) is 12.8 Å². The highest BCUT2D eigenvalue weighted by Gasteiger charge is 2.20. The molecule has 5 heteroatoms. The van der Waals surface area contributed by atoms with Crippen molar-refractivity contribution in [3.8, 4) is 0 Å². The highest BCUT2D eigenvalue weighted by molar-refractivity contribution is 5.95. The van der Waals surface area contributed by atoms with Gasteiger partial charge in [-0.2, -0.15) is 5.10 Å². The van der Waals surface area contributed by atoms with Crippen molar-refractivity contribution in [2.24, 2.45) is 0 Å². The number of amides is 1. The molecule has 0 spiro atoms. The highest BCUT2D eigenvalue weighted by atomic mass is 16.1. The SMILES string of the molecule is O=C(NC1CCc2ccccc2C1)c1ccn2ncnc2c1. The predicted octanol–water partition coefficient (Wildman–Crippen LogP) is 2.02. The molecule has 5 nitrogen and oxygen atoms in total. The van der Waals surface area contributed by atoms with Crippen molar-refractivity contribution >= 4 is 11.6 Å². The van der Waals surface area contributed by atoms with Gasteiger partial charge in [0.25, 0.3) is 5.91 Å². The minimum atomic E-state index is -0.0464. The maximum absolute atomic E-state index is 12.4. The summed E-state index contributed by atoms with van der Waals surface area (Å²) in [7, 11) is 0. The van der Waals surface area contributed by atoms with E-state index in [9.17, 15) is 4.79 Å². The number of hydrogen-bond acceptors (Lipinski definition) is 3. The number of aryl methyl sites for hydroxylation is 1. The summed E-state index contributed by atoms with van der Waals surface area (Å²) >= 11 is 0. The summed E-state index contributed by atoms with van der Waals surface area (Å²) in [6, 6.07) is 12.2. The summed E-state index contributed by atoms with van der Waals surface area (Å²) in [4.78, 5) is 16.5. The number of aromatic nitrogens is 3. The van der Waals surface area contributed by atoms with E-state index in [1.807, 2.05) is 0 Å². The van der Waals surface area contributed by atoms with Gasteiger partial charge in [0.1, 0.15) is 6.33 Å². The van der Waals surface area contributed by atoms with E-state index in [4.69, 9.17) is 0 Å². The number of fused-ring (bicyclic) bond motifs is 2. The molecule has 0 aliphatic heterocycles. The molecule has 22 heavy (non-hydrogen) atoms. The maximum Gasteiger partial charge on any atom is 0.251 e. The third-order valence-corrected chi connectivity index (χ3v) is 4.22. The molecular formula is C17H16N4O. The predicted molar refractivity (Wildman–Crippen MR) is 82.7 cm³/mol. The lowest BCUT2D eigenvalue weighted by Gasteiger charge is -2.25. The van der Waals surface area contributed by atoms with Gasteiger partial charge in [-0.25, -0.2) is 9.50 Å². The average Bonchev–Trinajstić information content (AvgIpc) is 3.02. The summed E-state index contributed by atoms with van der Waals surface area (Å²) in [5, 5.41) is 7.17. The van der Waals surface area contributed by atoms with Gasteiger partial charge in [-0.15, -0.1) is 0 Å². The van der Waals surface area contributed by atoms with Crippen LogP contribution in [0.1, 0.15) is 27.9 Å². The first kappa shape index (κ1) is 13.0. The molecule has 1 unspecified atom stereocenters. The van der Waals surface area contributed by atoms with Crippen LogP contribution < -0.4 is 5.32 Å². The number of rotatable bonds is 2. The minimum absolute atomic E-state index is 0.0464. The van der Waals surface area contributed by atoms with Gasteiger partial charge in [0, 0.05) is 17.8 Å². The van der Waals surface area contributed by atoms with Crippen LogP contribution in [0.5, 0.6) is 0 Å². The number of hydrogen-bond donors (Lipinski definition) is 1. The van der Waals surface area contributed by atoms with Gasteiger partial charge in [-0.3, -0.25) is 4.79 Å². The molecule has 1 amide bonds. The van der Waals surface area contributed by atoms with E-state index in [2.05, 4.69) is 39.7 Å². The smallest absolute Gasteiger partial charge is 0.251 e. The number of carbonyl (C=O) groups is 1.